The molecule has 2 aromatic rings. The Bertz CT molecular complexity index is 997. The monoisotopic (exact) mass is 456 g/mol. The lowest BCUT2D eigenvalue weighted by Crippen LogP contribution is -2.39. The van der Waals surface area contributed by atoms with Crippen LogP contribution in [0.4, 0.5) is 5.69 Å². The maximum atomic E-state index is 12.5. The second-order valence-corrected chi connectivity index (χ2v) is 9.14. The predicted molar refractivity (Wildman–Crippen MR) is 129 cm³/mol. The number of ether oxygens (including phenoxy) is 1. The zero-order valence-corrected chi connectivity index (χ0v) is 19.2. The van der Waals surface area contributed by atoms with Gasteiger partial charge in [-0.25, -0.2) is 4.99 Å². The molecule has 0 aromatic heterocycles. The Balaban J connectivity index is 1.48. The maximum absolute atomic E-state index is 12.5. The van der Waals surface area contributed by atoms with E-state index in [4.69, 9.17) is 26.3 Å². The molecule has 0 bridgehead atoms. The van der Waals surface area contributed by atoms with Gasteiger partial charge < -0.3 is 15.0 Å². The highest BCUT2D eigenvalue weighted by Crippen LogP contribution is 2.35. The van der Waals surface area contributed by atoms with Crippen molar-refractivity contribution in [3.8, 4) is 5.75 Å². The van der Waals surface area contributed by atoms with E-state index in [9.17, 15) is 4.79 Å². The number of halogens is 1. The molecule has 31 heavy (non-hydrogen) atoms. The van der Waals surface area contributed by atoms with Crippen molar-refractivity contribution in [3.05, 3.63) is 59.1 Å². The zero-order chi connectivity index (χ0) is 21.8. The third-order valence-electron chi connectivity index (χ3n) is 5.45. The van der Waals surface area contributed by atoms with Crippen molar-refractivity contribution >= 4 is 45.7 Å². The lowest BCUT2D eigenvalue weighted by atomic mass is 9.99. The van der Waals surface area contributed by atoms with Crippen LogP contribution in [0.25, 0.3) is 0 Å². The number of nitrogens with one attached hydrogen (secondary N) is 1. The number of hydrogen-bond donors (Lipinski definition) is 1. The third-order valence-corrected chi connectivity index (χ3v) is 6.67. The van der Waals surface area contributed by atoms with Gasteiger partial charge in [0.25, 0.3) is 0 Å². The van der Waals surface area contributed by atoms with Crippen LogP contribution in [0.3, 0.4) is 0 Å². The molecular formula is C23H25ClN4O2S. The van der Waals surface area contributed by atoms with E-state index >= 15 is 0 Å². The normalized spacial score (nSPS) is 17.9. The molecule has 1 spiro atoms. The van der Waals surface area contributed by atoms with Crippen LogP contribution in [0.5, 0.6) is 5.75 Å². The molecule has 0 radical (unpaired) electrons. The number of anilines is 1. The molecule has 1 N–H and O–H groups in total. The molecule has 0 aliphatic carbocycles. The summed E-state index contributed by atoms with van der Waals surface area (Å²) in [6, 6.07) is 14.9. The fourth-order valence-electron chi connectivity index (χ4n) is 3.62. The van der Waals surface area contributed by atoms with Crippen molar-refractivity contribution in [1.82, 2.24) is 4.90 Å². The number of aliphatic imine (C=N–C) groups is 2. The van der Waals surface area contributed by atoms with Gasteiger partial charge in [0.2, 0.25) is 5.91 Å². The van der Waals surface area contributed by atoms with Crippen LogP contribution in [0.15, 0.2) is 58.5 Å². The summed E-state index contributed by atoms with van der Waals surface area (Å²) in [6.07, 6.45) is 1.76. The molecule has 4 rings (SSSR count). The lowest BCUT2D eigenvalue weighted by Gasteiger charge is -2.33. The fourth-order valence-corrected chi connectivity index (χ4v) is 4.63. The van der Waals surface area contributed by atoms with Crippen molar-refractivity contribution < 1.29 is 9.53 Å². The largest absolute Gasteiger partial charge is 0.497 e. The first-order valence-corrected chi connectivity index (χ1v) is 11.5. The quantitative estimate of drug-likeness (QED) is 0.726. The summed E-state index contributed by atoms with van der Waals surface area (Å²) in [5.41, 5.74) is 2.14. The van der Waals surface area contributed by atoms with Gasteiger partial charge in [-0.1, -0.05) is 35.5 Å². The van der Waals surface area contributed by atoms with E-state index in [0.29, 0.717) is 5.02 Å². The minimum atomic E-state index is -0.420. The second-order valence-electron chi connectivity index (χ2n) is 7.74. The third kappa shape index (κ3) is 5.29. The number of benzene rings is 2. The van der Waals surface area contributed by atoms with Gasteiger partial charge >= 0.3 is 0 Å². The first-order valence-electron chi connectivity index (χ1n) is 10.2. The van der Waals surface area contributed by atoms with E-state index in [1.54, 1.807) is 7.11 Å². The SMILES string of the molecule is COc1ccc(NC(=O)CSC2=NC3(CCN(C)CC3)N=C2c2ccc(Cl)cc2)cc1. The maximum Gasteiger partial charge on any atom is 0.234 e. The Kier molecular flexibility index (Phi) is 6.65. The van der Waals surface area contributed by atoms with E-state index in [2.05, 4.69) is 17.3 Å². The van der Waals surface area contributed by atoms with Crippen LogP contribution in [-0.4, -0.2) is 60.2 Å². The summed E-state index contributed by atoms with van der Waals surface area (Å²) in [5.74, 6) is 0.922. The summed E-state index contributed by atoms with van der Waals surface area (Å²) >= 11 is 7.50. The van der Waals surface area contributed by atoms with Crippen LogP contribution in [0.2, 0.25) is 5.02 Å². The molecule has 2 aromatic carbocycles. The number of amides is 1. The molecule has 1 fully saturated rings. The number of hydrogen-bond acceptors (Lipinski definition) is 6. The van der Waals surface area contributed by atoms with E-state index in [1.165, 1.54) is 11.8 Å². The topological polar surface area (TPSA) is 66.3 Å². The van der Waals surface area contributed by atoms with Crippen molar-refractivity contribution in [2.75, 3.05) is 38.3 Å². The molecule has 1 saturated heterocycles. The summed E-state index contributed by atoms with van der Waals surface area (Å²) in [4.78, 5) is 24.9. The van der Waals surface area contributed by atoms with Crippen molar-refractivity contribution in [2.24, 2.45) is 9.98 Å². The van der Waals surface area contributed by atoms with E-state index in [0.717, 1.165) is 53.7 Å². The molecule has 0 saturated carbocycles. The highest BCUT2D eigenvalue weighted by molar-refractivity contribution is 8.16. The van der Waals surface area contributed by atoms with Gasteiger partial charge in [0.15, 0.2) is 5.66 Å². The summed E-state index contributed by atoms with van der Waals surface area (Å²) in [7, 11) is 3.73. The highest BCUT2D eigenvalue weighted by Gasteiger charge is 2.39. The van der Waals surface area contributed by atoms with E-state index in [1.807, 2.05) is 48.5 Å². The Hall–Kier alpha value is -2.35. The summed E-state index contributed by atoms with van der Waals surface area (Å²) in [5, 5.41) is 4.42. The van der Waals surface area contributed by atoms with Crippen LogP contribution in [-0.2, 0) is 4.79 Å². The average Bonchev–Trinajstić information content (AvgIpc) is 3.14. The van der Waals surface area contributed by atoms with Crippen LogP contribution < -0.4 is 10.1 Å². The minimum Gasteiger partial charge on any atom is -0.497 e. The first kappa shape index (κ1) is 21.9. The standard InChI is InChI=1S/C23H25ClN4O2S/c1-28-13-11-23(12-14-28)26-21(16-3-5-17(24)6-4-16)22(27-23)31-15-20(29)25-18-7-9-19(30-2)10-8-18/h3-10H,11-15H2,1-2H3,(H,25,29). The Labute approximate surface area is 191 Å². The highest BCUT2D eigenvalue weighted by atomic mass is 35.5. The van der Waals surface area contributed by atoms with Gasteiger partial charge in [0.05, 0.1) is 18.6 Å². The van der Waals surface area contributed by atoms with Gasteiger partial charge in [-0.3, -0.25) is 9.79 Å². The number of methoxy groups -OCH3 is 1. The predicted octanol–water partition coefficient (Wildman–Crippen LogP) is 4.34. The van der Waals surface area contributed by atoms with Crippen LogP contribution in [0, 0.1) is 0 Å². The Morgan fingerprint density at radius 1 is 1.13 bits per heavy atom. The van der Waals surface area contributed by atoms with Gasteiger partial charge in [-0.15, -0.1) is 0 Å². The number of rotatable bonds is 5. The smallest absolute Gasteiger partial charge is 0.234 e. The molecule has 2 aliphatic rings. The van der Waals surface area contributed by atoms with Crippen molar-refractivity contribution in [2.45, 2.75) is 18.5 Å². The Morgan fingerprint density at radius 2 is 1.81 bits per heavy atom. The molecule has 162 valence electrons. The number of thioether (sulfide) groups is 1. The molecule has 0 atom stereocenters. The molecule has 2 aliphatic heterocycles. The summed E-state index contributed by atoms with van der Waals surface area (Å²) in [6.45, 7) is 1.91. The number of piperidine rings is 1. The van der Waals surface area contributed by atoms with Crippen molar-refractivity contribution in [3.63, 3.8) is 0 Å². The summed E-state index contributed by atoms with van der Waals surface area (Å²) < 4.78 is 5.15. The number of likely N-dealkylation sites (tertiary alicyclic amines) is 1. The van der Waals surface area contributed by atoms with Gasteiger partial charge in [-0.05, 0) is 43.4 Å². The fraction of sp³-hybridized carbons (Fsp3) is 0.348. The van der Waals surface area contributed by atoms with Gasteiger partial charge in [-0.2, -0.15) is 0 Å². The Morgan fingerprint density at radius 3 is 2.45 bits per heavy atom. The van der Waals surface area contributed by atoms with Gasteiger partial charge in [0, 0.05) is 42.2 Å². The zero-order valence-electron chi connectivity index (χ0n) is 17.6. The number of carbonyl (C=O) groups excluding carboxylic acids is 1. The number of carbonyl (C=O) groups is 1. The van der Waals surface area contributed by atoms with E-state index < -0.39 is 5.66 Å². The van der Waals surface area contributed by atoms with E-state index in [-0.39, 0.29) is 11.7 Å². The molecular weight excluding hydrogens is 432 g/mol. The molecule has 8 heteroatoms. The van der Waals surface area contributed by atoms with Gasteiger partial charge in [0.1, 0.15) is 10.8 Å². The number of nitrogens with zero attached hydrogens (tertiary/aromatic N) is 3. The average molecular weight is 457 g/mol. The lowest BCUT2D eigenvalue weighted by molar-refractivity contribution is -0.113. The molecule has 2 heterocycles. The molecule has 6 nitrogen and oxygen atoms in total. The minimum absolute atomic E-state index is 0.0855. The molecule has 1 amide bonds. The molecule has 0 unspecified atom stereocenters. The van der Waals surface area contributed by atoms with Crippen LogP contribution >= 0.6 is 23.4 Å². The van der Waals surface area contributed by atoms with Crippen LogP contribution in [0.1, 0.15) is 18.4 Å². The van der Waals surface area contributed by atoms with Crippen molar-refractivity contribution in [1.29, 1.82) is 0 Å². The second kappa shape index (κ2) is 9.42. The first-order chi connectivity index (χ1) is 15.0.